The Morgan fingerprint density at radius 1 is 0.704 bits per heavy atom. The van der Waals surface area contributed by atoms with Gasteiger partial charge in [-0.25, -0.2) is 0 Å². The minimum absolute atomic E-state index is 0.124. The second kappa shape index (κ2) is 9.07. The Hall–Kier alpha value is -0.900. The summed E-state index contributed by atoms with van der Waals surface area (Å²) in [7, 11) is 2.09. The van der Waals surface area contributed by atoms with Crippen molar-refractivity contribution in [1.29, 1.82) is 0 Å². The number of amides is 2. The topological polar surface area (TPSA) is 40.6 Å². The van der Waals surface area contributed by atoms with Crippen LogP contribution in [0.3, 0.4) is 0 Å². The van der Waals surface area contributed by atoms with Crippen LogP contribution >= 0.6 is 0 Å². The summed E-state index contributed by atoms with van der Waals surface area (Å²) in [4.78, 5) is 31.2. The van der Waals surface area contributed by atoms with E-state index < -0.39 is 11.1 Å². The third-order valence-electron chi connectivity index (χ3n) is 7.67. The zero-order valence-electron chi connectivity index (χ0n) is 17.7. The van der Waals surface area contributed by atoms with E-state index in [1.165, 1.54) is 38.5 Å². The van der Waals surface area contributed by atoms with E-state index in [1.807, 2.05) is 0 Å². The molecule has 27 heavy (non-hydrogen) atoms. The van der Waals surface area contributed by atoms with Gasteiger partial charge in [0.05, 0.1) is 0 Å². The summed E-state index contributed by atoms with van der Waals surface area (Å²) in [6.45, 7) is 2.87. The van der Waals surface area contributed by atoms with Gasteiger partial charge in [-0.1, -0.05) is 77.6 Å². The molecule has 2 saturated carbocycles. The van der Waals surface area contributed by atoms with Gasteiger partial charge in [0, 0.05) is 6.54 Å². The molecule has 4 heteroatoms. The third-order valence-corrected chi connectivity index (χ3v) is 7.67. The summed E-state index contributed by atoms with van der Waals surface area (Å²) in [6, 6.07) is 0. The molecule has 154 valence electrons. The Morgan fingerprint density at radius 2 is 1.15 bits per heavy atom. The molecule has 0 aromatic carbocycles. The van der Waals surface area contributed by atoms with Crippen LogP contribution in [0.5, 0.6) is 0 Å². The molecule has 3 rings (SSSR count). The van der Waals surface area contributed by atoms with Crippen LogP contribution in [0.1, 0.15) is 110 Å². The number of imide groups is 1. The Balaban J connectivity index is 1.77. The van der Waals surface area contributed by atoms with E-state index in [9.17, 15) is 9.59 Å². The van der Waals surface area contributed by atoms with Crippen molar-refractivity contribution in [3.05, 3.63) is 0 Å². The molecule has 0 unspecified atom stereocenters. The molecular weight excluding hydrogens is 336 g/mol. The van der Waals surface area contributed by atoms with Gasteiger partial charge in [-0.2, -0.15) is 0 Å². The summed E-state index contributed by atoms with van der Waals surface area (Å²) in [5, 5.41) is 0. The highest BCUT2D eigenvalue weighted by atomic mass is 16.2. The Kier molecular flexibility index (Phi) is 6.99. The number of rotatable bonds is 7. The molecule has 1 saturated heterocycles. The zero-order valence-corrected chi connectivity index (χ0v) is 17.7. The predicted molar refractivity (Wildman–Crippen MR) is 109 cm³/mol. The van der Waals surface area contributed by atoms with Crippen LogP contribution in [-0.4, -0.2) is 46.3 Å². The van der Waals surface area contributed by atoms with Crippen molar-refractivity contribution >= 4 is 11.8 Å². The maximum Gasteiger partial charge on any atom is 0.249 e. The number of unbranched alkanes of at least 4 members (excludes halogenated alkanes) is 5. The maximum absolute atomic E-state index is 13.6. The molecule has 0 N–H and O–H groups in total. The van der Waals surface area contributed by atoms with E-state index in [0.29, 0.717) is 6.54 Å². The molecule has 2 amide bonds. The van der Waals surface area contributed by atoms with E-state index in [0.717, 1.165) is 64.2 Å². The maximum atomic E-state index is 13.6. The lowest BCUT2D eigenvalue weighted by molar-refractivity contribution is -0.183. The molecule has 0 radical (unpaired) electrons. The van der Waals surface area contributed by atoms with E-state index >= 15 is 0 Å². The van der Waals surface area contributed by atoms with Crippen molar-refractivity contribution in [2.75, 3.05) is 13.6 Å². The summed E-state index contributed by atoms with van der Waals surface area (Å²) < 4.78 is 0. The minimum Gasteiger partial charge on any atom is -0.279 e. The molecule has 2 spiro atoms. The van der Waals surface area contributed by atoms with Crippen molar-refractivity contribution in [1.82, 2.24) is 9.80 Å². The van der Waals surface area contributed by atoms with Crippen LogP contribution in [0.2, 0.25) is 0 Å². The van der Waals surface area contributed by atoms with Gasteiger partial charge in [0.15, 0.2) is 0 Å². The largest absolute Gasteiger partial charge is 0.279 e. The standard InChI is InChI=1S/C23H40N2O2/c1-3-4-5-6-7-14-19-25-20(26)22(15-10-8-11-16-22)24(2)23(21(25)27)17-12-9-13-18-23/h3-19H2,1-2H3. The molecule has 0 atom stereocenters. The minimum atomic E-state index is -0.411. The first-order chi connectivity index (χ1) is 13.1. The highest BCUT2D eigenvalue weighted by Gasteiger charge is 2.61. The summed E-state index contributed by atoms with van der Waals surface area (Å²) in [6.07, 6.45) is 17.8. The molecule has 4 nitrogen and oxygen atoms in total. The van der Waals surface area contributed by atoms with Gasteiger partial charge in [-0.05, 0) is 39.2 Å². The van der Waals surface area contributed by atoms with Crippen molar-refractivity contribution in [3.63, 3.8) is 0 Å². The summed E-state index contributed by atoms with van der Waals surface area (Å²) in [5.74, 6) is 0.249. The number of carbonyl (C=O) groups is 2. The van der Waals surface area contributed by atoms with Crippen LogP contribution in [0.15, 0.2) is 0 Å². The summed E-state index contributed by atoms with van der Waals surface area (Å²) in [5.41, 5.74) is -0.822. The normalized spacial score (nSPS) is 25.5. The highest BCUT2D eigenvalue weighted by Crippen LogP contribution is 2.47. The SMILES string of the molecule is CCCCCCCCN1C(=O)C2(CCCCC2)N(C)C2(CCCCC2)C1=O. The number of carbonyl (C=O) groups excluding carboxylic acids is 2. The molecule has 0 aromatic rings. The molecule has 3 fully saturated rings. The monoisotopic (exact) mass is 376 g/mol. The van der Waals surface area contributed by atoms with Crippen LogP contribution in [0, 0.1) is 0 Å². The molecule has 2 aliphatic carbocycles. The van der Waals surface area contributed by atoms with Crippen molar-refractivity contribution in [3.8, 4) is 0 Å². The number of hydrogen-bond acceptors (Lipinski definition) is 3. The lowest BCUT2D eigenvalue weighted by atomic mass is 9.69. The van der Waals surface area contributed by atoms with Crippen molar-refractivity contribution < 1.29 is 9.59 Å². The van der Waals surface area contributed by atoms with Crippen molar-refractivity contribution in [2.24, 2.45) is 0 Å². The average Bonchev–Trinajstić information content (AvgIpc) is 2.72. The lowest BCUT2D eigenvalue weighted by Gasteiger charge is -2.59. The van der Waals surface area contributed by atoms with E-state index in [4.69, 9.17) is 0 Å². The fourth-order valence-corrected chi connectivity index (χ4v) is 5.92. The number of nitrogens with zero attached hydrogens (tertiary/aromatic N) is 2. The first kappa shape index (κ1) is 20.8. The van der Waals surface area contributed by atoms with Gasteiger partial charge < -0.3 is 0 Å². The first-order valence-corrected chi connectivity index (χ1v) is 11.7. The lowest BCUT2D eigenvalue weighted by Crippen LogP contribution is -2.76. The summed E-state index contributed by atoms with van der Waals surface area (Å²) >= 11 is 0. The van der Waals surface area contributed by atoms with E-state index in [2.05, 4.69) is 18.9 Å². The zero-order chi connectivity index (χ0) is 19.3. The first-order valence-electron chi connectivity index (χ1n) is 11.7. The second-order valence-electron chi connectivity index (χ2n) is 9.27. The van der Waals surface area contributed by atoms with Gasteiger partial charge in [0.1, 0.15) is 11.1 Å². The molecule has 1 aliphatic heterocycles. The molecule has 0 aromatic heterocycles. The van der Waals surface area contributed by atoms with Crippen LogP contribution in [-0.2, 0) is 9.59 Å². The van der Waals surface area contributed by atoms with E-state index in [1.54, 1.807) is 4.90 Å². The number of likely N-dealkylation sites (N-methyl/N-ethyl adjacent to an activating group) is 1. The van der Waals surface area contributed by atoms with Gasteiger partial charge in [-0.15, -0.1) is 0 Å². The predicted octanol–water partition coefficient (Wildman–Crippen LogP) is 5.05. The molecule has 1 heterocycles. The van der Waals surface area contributed by atoms with Gasteiger partial charge >= 0.3 is 0 Å². The Labute approximate surface area is 166 Å². The smallest absolute Gasteiger partial charge is 0.249 e. The Morgan fingerprint density at radius 3 is 1.63 bits per heavy atom. The third kappa shape index (κ3) is 3.83. The molecular formula is C23H40N2O2. The quantitative estimate of drug-likeness (QED) is 0.461. The van der Waals surface area contributed by atoms with Crippen LogP contribution < -0.4 is 0 Å². The van der Waals surface area contributed by atoms with E-state index in [-0.39, 0.29) is 11.8 Å². The molecule has 3 aliphatic rings. The van der Waals surface area contributed by atoms with Crippen molar-refractivity contribution in [2.45, 2.75) is 121 Å². The number of piperazine rings is 1. The fourth-order valence-electron chi connectivity index (χ4n) is 5.92. The fraction of sp³-hybridized carbons (Fsp3) is 0.913. The van der Waals surface area contributed by atoms with Crippen LogP contribution in [0.4, 0.5) is 0 Å². The van der Waals surface area contributed by atoms with Gasteiger partial charge in [0.2, 0.25) is 11.8 Å². The van der Waals surface area contributed by atoms with Gasteiger partial charge in [-0.3, -0.25) is 19.4 Å². The Bertz CT molecular complexity index is 480. The second-order valence-corrected chi connectivity index (χ2v) is 9.27. The highest BCUT2D eigenvalue weighted by molar-refractivity contribution is 6.07. The molecule has 0 bridgehead atoms. The average molecular weight is 377 g/mol. The van der Waals surface area contributed by atoms with Gasteiger partial charge in [0.25, 0.3) is 0 Å². The number of hydrogen-bond donors (Lipinski definition) is 0. The van der Waals surface area contributed by atoms with Crippen LogP contribution in [0.25, 0.3) is 0 Å².